The topological polar surface area (TPSA) is 41.6 Å². The summed E-state index contributed by atoms with van der Waals surface area (Å²) in [5, 5.41) is 3.15. The number of nitrogens with one attached hydrogen (secondary N) is 1. The molecule has 1 aliphatic heterocycles. The van der Waals surface area contributed by atoms with Crippen LogP contribution in [0.4, 0.5) is 0 Å². The lowest BCUT2D eigenvalue weighted by Gasteiger charge is -2.41. The highest BCUT2D eigenvalue weighted by Gasteiger charge is 2.56. The lowest BCUT2D eigenvalue weighted by Crippen LogP contribution is -2.64. The molecule has 0 spiro atoms. The van der Waals surface area contributed by atoms with Gasteiger partial charge in [-0.25, -0.2) is 0 Å². The maximum absolute atomic E-state index is 11.8. The summed E-state index contributed by atoms with van der Waals surface area (Å²) in [5.74, 6) is 0.805. The Morgan fingerprint density at radius 1 is 1.38 bits per heavy atom. The largest absolute Gasteiger partial charge is 0.370 e. The fraction of sp³-hybridized carbons (Fsp3) is 0.824. The van der Waals surface area contributed by atoms with Crippen molar-refractivity contribution in [3.63, 3.8) is 0 Å². The molecule has 0 aromatic carbocycles. The number of amides is 1. The smallest absolute Gasteiger partial charge is 0.217 e. The van der Waals surface area contributed by atoms with E-state index in [9.17, 15) is 4.79 Å². The van der Waals surface area contributed by atoms with Crippen molar-refractivity contribution >= 4 is 5.91 Å². The Hall–Kier alpha value is -0.870. The molecule has 1 N–H and O–H groups in total. The van der Waals surface area contributed by atoms with Gasteiger partial charge in [0.05, 0.1) is 18.2 Å². The summed E-state index contributed by atoms with van der Waals surface area (Å²) >= 11 is 0. The molecular weight excluding hydrogens is 264 g/mol. The van der Waals surface area contributed by atoms with E-state index >= 15 is 0 Å². The summed E-state index contributed by atoms with van der Waals surface area (Å²) in [6, 6.07) is 0.0914. The monoisotopic (exact) mass is 296 g/mol. The van der Waals surface area contributed by atoms with Crippen LogP contribution in [0.3, 0.4) is 0 Å². The minimum Gasteiger partial charge on any atom is -0.370 e. The molecule has 1 aliphatic rings. The summed E-state index contributed by atoms with van der Waals surface area (Å²) in [5.41, 5.74) is -0.539. The zero-order valence-electron chi connectivity index (χ0n) is 14.6. The summed E-state index contributed by atoms with van der Waals surface area (Å²) in [7, 11) is 4.09. The summed E-state index contributed by atoms with van der Waals surface area (Å²) in [6.07, 6.45) is 2.89. The van der Waals surface area contributed by atoms with Gasteiger partial charge in [0.1, 0.15) is 5.54 Å². The van der Waals surface area contributed by atoms with Crippen molar-refractivity contribution < 1.29 is 9.53 Å². The molecule has 0 aromatic heterocycles. The van der Waals surface area contributed by atoms with Crippen molar-refractivity contribution in [2.75, 3.05) is 14.1 Å². The van der Waals surface area contributed by atoms with E-state index in [4.69, 9.17) is 4.74 Å². The van der Waals surface area contributed by atoms with E-state index in [0.29, 0.717) is 11.8 Å². The zero-order valence-corrected chi connectivity index (χ0v) is 14.6. The highest BCUT2D eigenvalue weighted by Crippen LogP contribution is 2.40. The number of likely N-dealkylation sites (N-methyl/N-ethyl adjacent to an activating group) is 1. The molecule has 1 amide bonds. The molecule has 4 heteroatoms. The standard InChI is InChI=1S/C17H32N2O2/c1-9-17(18-13(6)20)15(19(7)8)14(10-11(2)3)21-16(17)12(4)5/h9,11-12,14-16H,1,10H2,2-8H3,(H,18,20)/t14-,15-,16+,17?/m1/s1. The van der Waals surface area contributed by atoms with Gasteiger partial charge < -0.3 is 15.0 Å². The van der Waals surface area contributed by atoms with Crippen LogP contribution in [0, 0.1) is 11.8 Å². The van der Waals surface area contributed by atoms with Crippen LogP contribution in [0.25, 0.3) is 0 Å². The van der Waals surface area contributed by atoms with E-state index < -0.39 is 5.54 Å². The van der Waals surface area contributed by atoms with E-state index in [2.05, 4.69) is 44.5 Å². The first-order valence-corrected chi connectivity index (χ1v) is 7.89. The average molecular weight is 296 g/mol. The lowest BCUT2D eigenvalue weighted by molar-refractivity contribution is -0.121. The van der Waals surface area contributed by atoms with Gasteiger partial charge >= 0.3 is 0 Å². The van der Waals surface area contributed by atoms with Crippen LogP contribution in [0.2, 0.25) is 0 Å². The summed E-state index contributed by atoms with van der Waals surface area (Å²) in [6.45, 7) is 14.3. The average Bonchev–Trinajstić information content (AvgIpc) is 2.62. The SMILES string of the molecule is C=CC1(NC(C)=O)[C@H](C(C)C)O[C@H](CC(C)C)[C@H]1N(C)C. The number of ether oxygens (including phenoxy) is 1. The van der Waals surface area contributed by atoms with Crippen LogP contribution in [0.1, 0.15) is 41.0 Å². The number of nitrogens with zero attached hydrogens (tertiary/aromatic N) is 1. The molecule has 1 unspecified atom stereocenters. The highest BCUT2D eigenvalue weighted by atomic mass is 16.5. The third-order valence-corrected chi connectivity index (χ3v) is 4.23. The molecule has 1 fully saturated rings. The second kappa shape index (κ2) is 6.93. The van der Waals surface area contributed by atoms with E-state index in [0.717, 1.165) is 6.42 Å². The molecule has 21 heavy (non-hydrogen) atoms. The van der Waals surface area contributed by atoms with Crippen molar-refractivity contribution in [1.29, 1.82) is 0 Å². The zero-order chi connectivity index (χ0) is 16.4. The summed E-state index contributed by atoms with van der Waals surface area (Å²) in [4.78, 5) is 14.0. The van der Waals surface area contributed by atoms with Gasteiger partial charge in [0.15, 0.2) is 0 Å². The van der Waals surface area contributed by atoms with Gasteiger partial charge in [0.25, 0.3) is 0 Å². The minimum absolute atomic E-state index is 0.0406. The second-order valence-corrected chi connectivity index (χ2v) is 7.20. The van der Waals surface area contributed by atoms with E-state index in [-0.39, 0.29) is 24.2 Å². The Labute approximate surface area is 129 Å². The Kier molecular flexibility index (Phi) is 6.00. The molecule has 0 bridgehead atoms. The molecule has 4 nitrogen and oxygen atoms in total. The normalized spacial score (nSPS) is 33.0. The molecule has 1 saturated heterocycles. The molecule has 1 rings (SSSR count). The molecule has 0 aromatic rings. The molecule has 0 saturated carbocycles. The molecule has 0 aliphatic carbocycles. The van der Waals surface area contributed by atoms with Gasteiger partial charge in [0.2, 0.25) is 5.91 Å². The second-order valence-electron chi connectivity index (χ2n) is 7.20. The maximum Gasteiger partial charge on any atom is 0.217 e. The van der Waals surface area contributed by atoms with Crippen molar-refractivity contribution in [1.82, 2.24) is 10.2 Å². The number of hydrogen-bond acceptors (Lipinski definition) is 3. The Morgan fingerprint density at radius 2 is 1.95 bits per heavy atom. The number of carbonyl (C=O) groups is 1. The quantitative estimate of drug-likeness (QED) is 0.766. The van der Waals surface area contributed by atoms with Crippen molar-refractivity contribution in [2.45, 2.75) is 64.8 Å². The number of rotatable bonds is 6. The maximum atomic E-state index is 11.8. The third-order valence-electron chi connectivity index (χ3n) is 4.23. The van der Waals surface area contributed by atoms with Crippen LogP contribution in [-0.4, -0.2) is 48.7 Å². The first-order chi connectivity index (χ1) is 9.65. The van der Waals surface area contributed by atoms with Gasteiger partial charge in [-0.2, -0.15) is 0 Å². The number of hydrogen-bond donors (Lipinski definition) is 1. The van der Waals surface area contributed by atoms with Gasteiger partial charge in [-0.3, -0.25) is 4.79 Å². The van der Waals surface area contributed by atoms with Gasteiger partial charge in [-0.15, -0.1) is 6.58 Å². The fourth-order valence-electron chi connectivity index (χ4n) is 3.71. The molecule has 4 atom stereocenters. The number of carbonyl (C=O) groups excluding carboxylic acids is 1. The van der Waals surface area contributed by atoms with Crippen LogP contribution >= 0.6 is 0 Å². The van der Waals surface area contributed by atoms with E-state index in [1.165, 1.54) is 0 Å². The minimum atomic E-state index is -0.539. The molecule has 0 radical (unpaired) electrons. The van der Waals surface area contributed by atoms with Crippen molar-refractivity contribution in [2.24, 2.45) is 11.8 Å². The van der Waals surface area contributed by atoms with Crippen LogP contribution in [-0.2, 0) is 9.53 Å². The Morgan fingerprint density at radius 3 is 2.29 bits per heavy atom. The van der Waals surface area contributed by atoms with Crippen molar-refractivity contribution in [3.8, 4) is 0 Å². The predicted molar refractivity (Wildman–Crippen MR) is 87.2 cm³/mol. The van der Waals surface area contributed by atoms with Crippen LogP contribution < -0.4 is 5.32 Å². The highest BCUT2D eigenvalue weighted by molar-refractivity contribution is 5.74. The van der Waals surface area contributed by atoms with Crippen LogP contribution in [0.5, 0.6) is 0 Å². The van der Waals surface area contributed by atoms with Crippen LogP contribution in [0.15, 0.2) is 12.7 Å². The fourth-order valence-corrected chi connectivity index (χ4v) is 3.71. The molecular formula is C17H32N2O2. The molecule has 122 valence electrons. The Bertz CT molecular complexity index is 379. The van der Waals surface area contributed by atoms with E-state index in [1.807, 2.05) is 20.2 Å². The van der Waals surface area contributed by atoms with Gasteiger partial charge in [-0.05, 0) is 32.4 Å². The third kappa shape index (κ3) is 3.67. The van der Waals surface area contributed by atoms with Gasteiger partial charge in [0, 0.05) is 6.92 Å². The van der Waals surface area contributed by atoms with Crippen molar-refractivity contribution in [3.05, 3.63) is 12.7 Å². The van der Waals surface area contributed by atoms with Gasteiger partial charge in [-0.1, -0.05) is 33.8 Å². The molecule has 1 heterocycles. The Balaban J connectivity index is 3.28. The first kappa shape index (κ1) is 18.2. The lowest BCUT2D eigenvalue weighted by atomic mass is 9.78. The predicted octanol–water partition coefficient (Wildman–Crippen LogP) is 2.45. The van der Waals surface area contributed by atoms with E-state index in [1.54, 1.807) is 6.92 Å². The summed E-state index contributed by atoms with van der Waals surface area (Å²) < 4.78 is 6.39. The first-order valence-electron chi connectivity index (χ1n) is 7.89.